The number of rotatable bonds is 8. The predicted octanol–water partition coefficient (Wildman–Crippen LogP) is 1.93. The first-order chi connectivity index (χ1) is 10.3. The summed E-state index contributed by atoms with van der Waals surface area (Å²) in [7, 11) is 3.39. The number of fused-ring (bicyclic) bond motifs is 1. The molecule has 2 rings (SSSR count). The molecule has 0 aliphatic heterocycles. The maximum absolute atomic E-state index is 9.42. The Hall–Kier alpha value is -1.64. The summed E-state index contributed by atoms with van der Waals surface area (Å²) in [5, 5.41) is 9.42. The lowest BCUT2D eigenvalue weighted by Crippen LogP contribution is -2.31. The number of aryl methyl sites for hydroxylation is 2. The van der Waals surface area contributed by atoms with Crippen molar-refractivity contribution in [3.63, 3.8) is 0 Å². The monoisotopic (exact) mass is 289 g/mol. The summed E-state index contributed by atoms with van der Waals surface area (Å²) in [6.45, 7) is 2.88. The van der Waals surface area contributed by atoms with E-state index in [0.29, 0.717) is 18.8 Å². The molecule has 0 saturated carbocycles. The highest BCUT2D eigenvalue weighted by Crippen LogP contribution is 2.27. The maximum atomic E-state index is 9.42. The van der Waals surface area contributed by atoms with E-state index in [2.05, 4.69) is 11.0 Å². The second-order valence-electron chi connectivity index (χ2n) is 5.26. The Morgan fingerprint density at radius 3 is 2.76 bits per heavy atom. The van der Waals surface area contributed by atoms with Crippen LogP contribution >= 0.6 is 0 Å². The number of ether oxygens (including phenoxy) is 2. The molecule has 0 N–H and O–H groups in total. The molecule has 1 aromatic heterocycles. The molecule has 21 heavy (non-hydrogen) atoms. The van der Waals surface area contributed by atoms with Crippen LogP contribution in [0.5, 0.6) is 0 Å². The zero-order chi connectivity index (χ0) is 15.1. The topological polar surface area (TPSA) is 58.4 Å². The molecule has 114 valence electrons. The van der Waals surface area contributed by atoms with E-state index < -0.39 is 0 Å². The van der Waals surface area contributed by atoms with E-state index in [0.717, 1.165) is 50.3 Å². The lowest BCUT2D eigenvalue weighted by Gasteiger charge is -2.25. The second kappa shape index (κ2) is 7.96. The smallest absolute Gasteiger partial charge is 0.146 e. The summed E-state index contributed by atoms with van der Waals surface area (Å²) in [5.41, 5.74) is 3.06. The van der Waals surface area contributed by atoms with E-state index in [4.69, 9.17) is 14.5 Å². The van der Waals surface area contributed by atoms with Crippen LogP contribution < -0.4 is 4.90 Å². The minimum absolute atomic E-state index is 0.622. The zero-order valence-corrected chi connectivity index (χ0v) is 12.9. The van der Waals surface area contributed by atoms with Gasteiger partial charge in [0, 0.05) is 39.6 Å². The lowest BCUT2D eigenvalue weighted by atomic mass is 10.1. The fourth-order valence-electron chi connectivity index (χ4n) is 2.71. The van der Waals surface area contributed by atoms with Crippen molar-refractivity contribution in [2.45, 2.75) is 25.7 Å². The van der Waals surface area contributed by atoms with Gasteiger partial charge in [-0.3, -0.25) is 0 Å². The van der Waals surface area contributed by atoms with Crippen LogP contribution in [0.1, 0.15) is 29.7 Å². The highest BCUT2D eigenvalue weighted by atomic mass is 16.5. The van der Waals surface area contributed by atoms with Gasteiger partial charge in [-0.25, -0.2) is 4.98 Å². The average molecular weight is 289 g/mol. The highest BCUT2D eigenvalue weighted by molar-refractivity contribution is 5.56. The molecule has 0 spiro atoms. The molecule has 1 heterocycles. The van der Waals surface area contributed by atoms with Crippen LogP contribution in [-0.2, 0) is 22.3 Å². The van der Waals surface area contributed by atoms with Gasteiger partial charge in [0.05, 0.1) is 12.2 Å². The first-order valence-corrected chi connectivity index (χ1v) is 7.46. The Labute approximate surface area is 126 Å². The Balaban J connectivity index is 2.23. The SMILES string of the molecule is COCCCN(CCOC)c1nc2c(cc1C#N)CCC2. The van der Waals surface area contributed by atoms with E-state index in [1.54, 1.807) is 14.2 Å². The Morgan fingerprint density at radius 1 is 1.24 bits per heavy atom. The summed E-state index contributed by atoms with van der Waals surface area (Å²) >= 11 is 0. The van der Waals surface area contributed by atoms with Gasteiger partial charge in [0.15, 0.2) is 0 Å². The zero-order valence-electron chi connectivity index (χ0n) is 12.9. The molecular formula is C16H23N3O2. The van der Waals surface area contributed by atoms with Crippen molar-refractivity contribution in [2.24, 2.45) is 0 Å². The molecule has 0 atom stereocenters. The van der Waals surface area contributed by atoms with E-state index >= 15 is 0 Å². The number of pyridine rings is 1. The van der Waals surface area contributed by atoms with Crippen LogP contribution in [0.25, 0.3) is 0 Å². The number of aromatic nitrogens is 1. The van der Waals surface area contributed by atoms with Gasteiger partial charge in [-0.2, -0.15) is 5.26 Å². The molecule has 0 fully saturated rings. The molecular weight excluding hydrogens is 266 g/mol. The van der Waals surface area contributed by atoms with Gasteiger partial charge in [-0.15, -0.1) is 0 Å². The molecule has 1 aliphatic rings. The highest BCUT2D eigenvalue weighted by Gasteiger charge is 2.19. The summed E-state index contributed by atoms with van der Waals surface area (Å²) in [5.74, 6) is 0.798. The van der Waals surface area contributed by atoms with Crippen LogP contribution in [0, 0.1) is 11.3 Å². The van der Waals surface area contributed by atoms with Crippen LogP contribution in [0.15, 0.2) is 6.07 Å². The fraction of sp³-hybridized carbons (Fsp3) is 0.625. The third-order valence-electron chi connectivity index (χ3n) is 3.79. The minimum atomic E-state index is 0.622. The fourth-order valence-corrected chi connectivity index (χ4v) is 2.71. The van der Waals surface area contributed by atoms with Gasteiger partial charge < -0.3 is 14.4 Å². The van der Waals surface area contributed by atoms with Gasteiger partial charge in [0.25, 0.3) is 0 Å². The standard InChI is InChI=1S/C16H23N3O2/c1-20-9-4-7-19(8-10-21-2)16-14(12-17)11-13-5-3-6-15(13)18-16/h11H,3-10H2,1-2H3. The van der Waals surface area contributed by atoms with Crippen molar-refractivity contribution in [1.82, 2.24) is 4.98 Å². The van der Waals surface area contributed by atoms with E-state index in [9.17, 15) is 5.26 Å². The van der Waals surface area contributed by atoms with Crippen molar-refractivity contribution in [1.29, 1.82) is 5.26 Å². The predicted molar refractivity (Wildman–Crippen MR) is 81.6 cm³/mol. The maximum Gasteiger partial charge on any atom is 0.146 e. The molecule has 0 amide bonds. The van der Waals surface area contributed by atoms with E-state index in [1.807, 2.05) is 6.07 Å². The van der Waals surface area contributed by atoms with Gasteiger partial charge in [-0.05, 0) is 37.3 Å². The van der Waals surface area contributed by atoms with Crippen molar-refractivity contribution < 1.29 is 9.47 Å². The van der Waals surface area contributed by atoms with Crippen molar-refractivity contribution >= 4 is 5.82 Å². The number of hydrogen-bond acceptors (Lipinski definition) is 5. The summed E-state index contributed by atoms with van der Waals surface area (Å²) < 4.78 is 10.3. The number of nitrogens with zero attached hydrogens (tertiary/aromatic N) is 3. The number of hydrogen-bond donors (Lipinski definition) is 0. The molecule has 0 radical (unpaired) electrons. The van der Waals surface area contributed by atoms with Crippen molar-refractivity contribution in [2.75, 3.05) is 45.4 Å². The largest absolute Gasteiger partial charge is 0.385 e. The molecule has 0 aromatic carbocycles. The van der Waals surface area contributed by atoms with Gasteiger partial charge in [-0.1, -0.05) is 0 Å². The van der Waals surface area contributed by atoms with Crippen LogP contribution in [-0.4, -0.2) is 45.5 Å². The molecule has 5 nitrogen and oxygen atoms in total. The summed E-state index contributed by atoms with van der Waals surface area (Å²) in [4.78, 5) is 6.90. The lowest BCUT2D eigenvalue weighted by molar-refractivity contribution is 0.191. The van der Waals surface area contributed by atoms with Gasteiger partial charge in [0.1, 0.15) is 11.9 Å². The average Bonchev–Trinajstić information content (AvgIpc) is 2.96. The normalized spacial score (nSPS) is 13.0. The Bertz CT molecular complexity index is 511. The second-order valence-corrected chi connectivity index (χ2v) is 5.26. The molecule has 0 unspecified atom stereocenters. The molecule has 1 aliphatic carbocycles. The molecule has 5 heteroatoms. The third kappa shape index (κ3) is 3.93. The Kier molecular flexibility index (Phi) is 5.97. The number of nitriles is 1. The van der Waals surface area contributed by atoms with Gasteiger partial charge in [0.2, 0.25) is 0 Å². The van der Waals surface area contributed by atoms with Crippen LogP contribution in [0.4, 0.5) is 5.82 Å². The quantitative estimate of drug-likeness (QED) is 0.684. The van der Waals surface area contributed by atoms with Crippen LogP contribution in [0.2, 0.25) is 0 Å². The van der Waals surface area contributed by atoms with E-state index in [1.165, 1.54) is 5.56 Å². The van der Waals surface area contributed by atoms with Crippen LogP contribution in [0.3, 0.4) is 0 Å². The van der Waals surface area contributed by atoms with Gasteiger partial charge >= 0.3 is 0 Å². The summed E-state index contributed by atoms with van der Waals surface area (Å²) in [6.07, 6.45) is 4.10. The summed E-state index contributed by atoms with van der Waals surface area (Å²) in [6, 6.07) is 4.31. The molecule has 0 saturated heterocycles. The minimum Gasteiger partial charge on any atom is -0.385 e. The third-order valence-corrected chi connectivity index (χ3v) is 3.79. The van der Waals surface area contributed by atoms with Crippen molar-refractivity contribution in [3.05, 3.63) is 22.9 Å². The molecule has 1 aromatic rings. The molecule has 0 bridgehead atoms. The Morgan fingerprint density at radius 2 is 2.05 bits per heavy atom. The number of anilines is 1. The van der Waals surface area contributed by atoms with E-state index in [-0.39, 0.29) is 0 Å². The first kappa shape index (κ1) is 15.7. The van der Waals surface area contributed by atoms with Crippen molar-refractivity contribution in [3.8, 4) is 6.07 Å². The number of methoxy groups -OCH3 is 2. The first-order valence-electron chi connectivity index (χ1n) is 7.46.